The van der Waals surface area contributed by atoms with Crippen LogP contribution in [0.15, 0.2) is 103 Å². The fraction of sp³-hybridized carbons (Fsp3) is 0.0625. The molecule has 0 aliphatic heterocycles. The van der Waals surface area contributed by atoms with Crippen molar-refractivity contribution in [2.45, 2.75) is 13.8 Å². The van der Waals surface area contributed by atoms with Gasteiger partial charge in [-0.05, 0) is 37.4 Å². The van der Waals surface area contributed by atoms with Crippen LogP contribution in [0.25, 0.3) is 60.9 Å². The quantitative estimate of drug-likeness (QED) is 0.249. The van der Waals surface area contributed by atoms with Gasteiger partial charge in [0.25, 0.3) is 0 Å². The highest BCUT2D eigenvalue weighted by atomic mass is 15.0. The average Bonchev–Trinajstić information content (AvgIpc) is 3.29. The predicted octanol–water partition coefficient (Wildman–Crippen LogP) is 8.14. The molecule has 0 unspecified atom stereocenters. The normalized spacial score (nSPS) is 11.7. The number of para-hydroxylation sites is 1. The molecule has 166 valence electrons. The Morgan fingerprint density at radius 3 is 2.09 bits per heavy atom. The minimum Gasteiger partial charge on any atom is -0.293 e. The summed E-state index contributed by atoms with van der Waals surface area (Å²) in [7, 11) is 0. The van der Waals surface area contributed by atoms with E-state index in [4.69, 9.17) is 9.97 Å². The summed E-state index contributed by atoms with van der Waals surface area (Å²) in [6.45, 7) is 4.25. The molecule has 3 aromatic heterocycles. The third-order valence-corrected chi connectivity index (χ3v) is 6.90. The number of aryl methyl sites for hydroxylation is 2. The van der Waals surface area contributed by atoms with Crippen LogP contribution in [0.1, 0.15) is 11.1 Å². The van der Waals surface area contributed by atoms with Gasteiger partial charge in [0.15, 0.2) is 5.82 Å². The summed E-state index contributed by atoms with van der Waals surface area (Å²) in [6.07, 6.45) is 0. The van der Waals surface area contributed by atoms with Crippen LogP contribution >= 0.6 is 0 Å². The second-order valence-corrected chi connectivity index (χ2v) is 9.30. The van der Waals surface area contributed by atoms with Crippen molar-refractivity contribution in [3.63, 3.8) is 0 Å². The summed E-state index contributed by atoms with van der Waals surface area (Å²) in [5, 5.41) is 4.78. The van der Waals surface area contributed by atoms with Gasteiger partial charge in [-0.1, -0.05) is 96.1 Å². The number of pyridine rings is 1. The maximum absolute atomic E-state index is 5.18. The smallest absolute Gasteiger partial charge is 0.162 e. The second kappa shape index (κ2) is 7.51. The SMILES string of the molecule is Cc1ccc(-c2nc(-c3ccccc3)c3cc4c5cc(C)ccc5c5ccccc5n4c3n2)cc1. The number of nitrogens with zero attached hydrogens (tertiary/aromatic N) is 3. The first-order valence-electron chi connectivity index (χ1n) is 11.9. The van der Waals surface area contributed by atoms with Crippen LogP contribution in [-0.2, 0) is 0 Å². The summed E-state index contributed by atoms with van der Waals surface area (Å²) >= 11 is 0. The van der Waals surface area contributed by atoms with E-state index in [-0.39, 0.29) is 0 Å². The van der Waals surface area contributed by atoms with Gasteiger partial charge in [0.1, 0.15) is 5.65 Å². The Labute approximate surface area is 203 Å². The van der Waals surface area contributed by atoms with E-state index in [1.807, 2.05) is 6.07 Å². The van der Waals surface area contributed by atoms with Gasteiger partial charge in [0, 0.05) is 27.3 Å². The van der Waals surface area contributed by atoms with Crippen LogP contribution in [0.3, 0.4) is 0 Å². The van der Waals surface area contributed by atoms with Crippen molar-refractivity contribution < 1.29 is 0 Å². The molecule has 0 aliphatic carbocycles. The van der Waals surface area contributed by atoms with E-state index in [0.29, 0.717) is 0 Å². The lowest BCUT2D eigenvalue weighted by Crippen LogP contribution is -1.97. The van der Waals surface area contributed by atoms with Crippen molar-refractivity contribution in [3.8, 4) is 22.6 Å². The van der Waals surface area contributed by atoms with Gasteiger partial charge in [-0.15, -0.1) is 0 Å². The van der Waals surface area contributed by atoms with Gasteiger partial charge in [-0.3, -0.25) is 4.40 Å². The average molecular weight is 450 g/mol. The molecule has 3 heterocycles. The lowest BCUT2D eigenvalue weighted by molar-refractivity contribution is 1.18. The van der Waals surface area contributed by atoms with Crippen molar-refractivity contribution in [3.05, 3.63) is 114 Å². The van der Waals surface area contributed by atoms with Crippen LogP contribution in [0.5, 0.6) is 0 Å². The number of hydrogen-bond donors (Lipinski definition) is 0. The topological polar surface area (TPSA) is 30.2 Å². The fourth-order valence-corrected chi connectivity index (χ4v) is 5.17. The van der Waals surface area contributed by atoms with Gasteiger partial charge >= 0.3 is 0 Å². The third-order valence-electron chi connectivity index (χ3n) is 6.90. The highest BCUT2D eigenvalue weighted by Crippen LogP contribution is 2.37. The molecule has 0 spiro atoms. The zero-order chi connectivity index (χ0) is 23.5. The van der Waals surface area contributed by atoms with Crippen molar-refractivity contribution in [1.29, 1.82) is 0 Å². The number of aromatic nitrogens is 3. The van der Waals surface area contributed by atoms with Crippen LogP contribution in [0.2, 0.25) is 0 Å². The summed E-state index contributed by atoms with van der Waals surface area (Å²) < 4.78 is 2.32. The molecule has 3 heteroatoms. The Hall–Kier alpha value is -4.50. The predicted molar refractivity (Wildman–Crippen MR) is 146 cm³/mol. The van der Waals surface area contributed by atoms with Crippen LogP contribution in [-0.4, -0.2) is 14.4 Å². The van der Waals surface area contributed by atoms with E-state index in [1.165, 1.54) is 27.3 Å². The van der Waals surface area contributed by atoms with Crippen molar-refractivity contribution in [2.75, 3.05) is 0 Å². The Morgan fingerprint density at radius 2 is 1.26 bits per heavy atom. The maximum Gasteiger partial charge on any atom is 0.162 e. The Balaban J connectivity index is 1.71. The van der Waals surface area contributed by atoms with Crippen LogP contribution in [0.4, 0.5) is 0 Å². The molecule has 0 amide bonds. The first-order chi connectivity index (χ1) is 17.2. The molecule has 0 bridgehead atoms. The molecule has 0 aliphatic rings. The number of benzene rings is 4. The zero-order valence-corrected chi connectivity index (χ0v) is 19.7. The monoisotopic (exact) mass is 449 g/mol. The number of fused-ring (bicyclic) bond motifs is 8. The molecular formula is C32H23N3. The first kappa shape index (κ1) is 19.9. The molecule has 0 saturated carbocycles. The van der Waals surface area contributed by atoms with E-state index >= 15 is 0 Å². The Morgan fingerprint density at radius 1 is 0.514 bits per heavy atom. The molecule has 0 radical (unpaired) electrons. The van der Waals surface area contributed by atoms with Crippen molar-refractivity contribution >= 4 is 38.2 Å². The van der Waals surface area contributed by atoms with E-state index < -0.39 is 0 Å². The van der Waals surface area contributed by atoms with Gasteiger partial charge in [-0.25, -0.2) is 9.97 Å². The van der Waals surface area contributed by atoms with Crippen LogP contribution < -0.4 is 0 Å². The highest BCUT2D eigenvalue weighted by molar-refractivity contribution is 6.16. The van der Waals surface area contributed by atoms with Gasteiger partial charge < -0.3 is 0 Å². The molecular weight excluding hydrogens is 426 g/mol. The van der Waals surface area contributed by atoms with E-state index in [1.54, 1.807) is 0 Å². The minimum absolute atomic E-state index is 0.741. The van der Waals surface area contributed by atoms with E-state index in [9.17, 15) is 0 Å². The Kier molecular flexibility index (Phi) is 4.27. The minimum atomic E-state index is 0.741. The largest absolute Gasteiger partial charge is 0.293 e. The summed E-state index contributed by atoms with van der Waals surface area (Å²) in [6, 6.07) is 36.5. The van der Waals surface area contributed by atoms with E-state index in [0.717, 1.165) is 44.7 Å². The van der Waals surface area contributed by atoms with Gasteiger partial charge in [0.2, 0.25) is 0 Å². The Bertz CT molecular complexity index is 1900. The van der Waals surface area contributed by atoms with Crippen molar-refractivity contribution in [1.82, 2.24) is 14.4 Å². The van der Waals surface area contributed by atoms with Gasteiger partial charge in [0.05, 0.1) is 16.7 Å². The third kappa shape index (κ3) is 3.05. The van der Waals surface area contributed by atoms with Crippen molar-refractivity contribution in [2.24, 2.45) is 0 Å². The summed E-state index contributed by atoms with van der Waals surface area (Å²) in [4.78, 5) is 10.3. The lowest BCUT2D eigenvalue weighted by atomic mass is 10.0. The molecule has 7 aromatic rings. The lowest BCUT2D eigenvalue weighted by Gasteiger charge is -2.11. The second-order valence-electron chi connectivity index (χ2n) is 9.30. The first-order valence-corrected chi connectivity index (χ1v) is 11.9. The molecule has 4 aromatic carbocycles. The zero-order valence-electron chi connectivity index (χ0n) is 19.7. The summed E-state index contributed by atoms with van der Waals surface area (Å²) in [5.41, 5.74) is 8.78. The maximum atomic E-state index is 5.18. The van der Waals surface area contributed by atoms with E-state index in [2.05, 4.69) is 115 Å². The molecule has 0 atom stereocenters. The number of hydrogen-bond acceptors (Lipinski definition) is 2. The molecule has 35 heavy (non-hydrogen) atoms. The fourth-order valence-electron chi connectivity index (χ4n) is 5.17. The number of rotatable bonds is 2. The standard InChI is InChI=1S/C32H23N3/c1-20-12-15-23(16-13-20)31-33-30(22-8-4-3-5-9-22)27-19-29-26-18-21(2)14-17-24(26)25-10-6-7-11-28(25)35(29)32(27)34-31/h3-19H,1-2H3. The molecule has 7 rings (SSSR count). The van der Waals surface area contributed by atoms with Gasteiger partial charge in [-0.2, -0.15) is 0 Å². The summed E-state index contributed by atoms with van der Waals surface area (Å²) in [5.74, 6) is 0.741. The molecule has 0 N–H and O–H groups in total. The highest BCUT2D eigenvalue weighted by Gasteiger charge is 2.18. The molecule has 0 saturated heterocycles. The molecule has 0 fully saturated rings. The van der Waals surface area contributed by atoms with Crippen LogP contribution in [0, 0.1) is 13.8 Å². The molecule has 3 nitrogen and oxygen atoms in total.